The van der Waals surface area contributed by atoms with Crippen LogP contribution in [0, 0.1) is 12.3 Å². The number of thiol groups is 1. The van der Waals surface area contributed by atoms with Crippen molar-refractivity contribution in [3.63, 3.8) is 0 Å². The van der Waals surface area contributed by atoms with Crippen molar-refractivity contribution in [3.05, 3.63) is 0 Å². The summed E-state index contributed by atoms with van der Waals surface area (Å²) in [6.45, 7) is 0.0829. The number of carbonyl (C=O) groups excluding carboxylic acids is 1. The minimum Gasteiger partial charge on any atom is -0.272 e. The number of hydrogen-bond acceptors (Lipinski definition) is 3. The molecular formula is C5H7NO2S. The molecule has 1 amide bonds. The zero-order valence-electron chi connectivity index (χ0n) is 4.76. The van der Waals surface area contributed by atoms with Crippen molar-refractivity contribution in [2.24, 2.45) is 0 Å². The molecule has 0 fully saturated rings. The highest BCUT2D eigenvalue weighted by Crippen LogP contribution is 1.72. The molecule has 0 saturated carbocycles. The smallest absolute Gasteiger partial charge is 0.253 e. The van der Waals surface area contributed by atoms with Crippen LogP contribution >= 0.6 is 12.6 Å². The summed E-state index contributed by atoms with van der Waals surface area (Å²) in [6, 6.07) is 0. The lowest BCUT2D eigenvalue weighted by atomic mass is 10.7. The van der Waals surface area contributed by atoms with Crippen molar-refractivity contribution < 1.29 is 9.63 Å². The van der Waals surface area contributed by atoms with Crippen molar-refractivity contribution in [3.8, 4) is 12.3 Å². The molecule has 0 aromatic rings. The van der Waals surface area contributed by atoms with E-state index in [1.165, 1.54) is 0 Å². The van der Waals surface area contributed by atoms with Gasteiger partial charge in [0, 0.05) is 0 Å². The van der Waals surface area contributed by atoms with Gasteiger partial charge in [0.15, 0.2) is 0 Å². The van der Waals surface area contributed by atoms with Gasteiger partial charge in [0.05, 0.1) is 5.75 Å². The van der Waals surface area contributed by atoms with Crippen LogP contribution in [0.15, 0.2) is 0 Å². The minimum atomic E-state index is -0.298. The summed E-state index contributed by atoms with van der Waals surface area (Å²) in [7, 11) is 0. The molecule has 0 aromatic carbocycles. The van der Waals surface area contributed by atoms with Gasteiger partial charge >= 0.3 is 0 Å². The van der Waals surface area contributed by atoms with Crippen molar-refractivity contribution in [1.82, 2.24) is 5.48 Å². The van der Waals surface area contributed by atoms with Crippen molar-refractivity contribution in [2.45, 2.75) is 0 Å². The van der Waals surface area contributed by atoms with E-state index in [1.54, 1.807) is 0 Å². The lowest BCUT2D eigenvalue weighted by Gasteiger charge is -1.97. The van der Waals surface area contributed by atoms with Gasteiger partial charge in [-0.05, 0) is 0 Å². The van der Waals surface area contributed by atoms with E-state index in [1.807, 2.05) is 0 Å². The first-order chi connectivity index (χ1) is 4.31. The Morgan fingerprint density at radius 3 is 3.00 bits per heavy atom. The largest absolute Gasteiger partial charge is 0.272 e. The molecule has 0 bridgehead atoms. The van der Waals surface area contributed by atoms with Crippen LogP contribution < -0.4 is 5.48 Å². The fourth-order valence-corrected chi connectivity index (χ4v) is 0.255. The van der Waals surface area contributed by atoms with Crippen LogP contribution in [0.4, 0.5) is 0 Å². The van der Waals surface area contributed by atoms with Crippen LogP contribution in [-0.4, -0.2) is 18.3 Å². The average molecular weight is 145 g/mol. The molecule has 0 atom stereocenters. The first kappa shape index (κ1) is 8.34. The van der Waals surface area contributed by atoms with Gasteiger partial charge in [-0.2, -0.15) is 12.6 Å². The molecule has 0 radical (unpaired) electrons. The topological polar surface area (TPSA) is 38.3 Å². The molecule has 3 nitrogen and oxygen atoms in total. The van der Waals surface area contributed by atoms with Crippen LogP contribution in [-0.2, 0) is 9.63 Å². The van der Waals surface area contributed by atoms with E-state index in [0.29, 0.717) is 0 Å². The van der Waals surface area contributed by atoms with Crippen LogP contribution in [0.5, 0.6) is 0 Å². The second-order valence-corrected chi connectivity index (χ2v) is 1.49. The number of carbonyl (C=O) groups is 1. The third-order valence-electron chi connectivity index (χ3n) is 0.485. The standard InChI is InChI=1S/C5H7NO2S/c1-2-3-8-6-5(7)4-9/h1,9H,3-4H2,(H,6,7). The molecule has 0 spiro atoms. The molecule has 0 aliphatic carbocycles. The Labute approximate surface area is 59.1 Å². The maximum absolute atomic E-state index is 10.3. The van der Waals surface area contributed by atoms with E-state index < -0.39 is 0 Å². The van der Waals surface area contributed by atoms with Crippen molar-refractivity contribution >= 4 is 18.5 Å². The van der Waals surface area contributed by atoms with Gasteiger partial charge < -0.3 is 0 Å². The Morgan fingerprint density at radius 1 is 1.89 bits per heavy atom. The van der Waals surface area contributed by atoms with Crippen LogP contribution in [0.3, 0.4) is 0 Å². The number of terminal acetylenes is 1. The van der Waals surface area contributed by atoms with Gasteiger partial charge in [-0.15, -0.1) is 6.42 Å². The first-order valence-electron chi connectivity index (χ1n) is 2.26. The predicted molar refractivity (Wildman–Crippen MR) is 36.8 cm³/mol. The summed E-state index contributed by atoms with van der Waals surface area (Å²) >= 11 is 3.67. The van der Waals surface area contributed by atoms with Gasteiger partial charge in [-0.25, -0.2) is 5.48 Å². The Bertz CT molecular complexity index is 129. The molecule has 0 saturated heterocycles. The number of rotatable bonds is 3. The first-order valence-corrected chi connectivity index (χ1v) is 2.89. The van der Waals surface area contributed by atoms with E-state index in [-0.39, 0.29) is 18.3 Å². The van der Waals surface area contributed by atoms with Crippen LogP contribution in [0.2, 0.25) is 0 Å². The molecule has 0 rings (SSSR count). The molecule has 0 aromatic heterocycles. The number of nitrogens with one attached hydrogen (secondary N) is 1. The Hall–Kier alpha value is -0.660. The monoisotopic (exact) mass is 145 g/mol. The fraction of sp³-hybridized carbons (Fsp3) is 0.400. The number of hydrogen-bond donors (Lipinski definition) is 2. The van der Waals surface area contributed by atoms with E-state index in [2.05, 4.69) is 28.9 Å². The zero-order chi connectivity index (χ0) is 7.11. The summed E-state index contributed by atoms with van der Waals surface area (Å²) in [5, 5.41) is 0. The minimum absolute atomic E-state index is 0.0829. The predicted octanol–water partition coefficient (Wildman–Crippen LogP) is -0.403. The molecular weight excluding hydrogens is 138 g/mol. The van der Waals surface area contributed by atoms with E-state index in [0.717, 1.165) is 0 Å². The van der Waals surface area contributed by atoms with Gasteiger partial charge in [-0.3, -0.25) is 9.63 Å². The summed E-state index contributed by atoms with van der Waals surface area (Å²) in [5.41, 5.74) is 2.08. The lowest BCUT2D eigenvalue weighted by Crippen LogP contribution is -2.24. The molecule has 50 valence electrons. The zero-order valence-corrected chi connectivity index (χ0v) is 5.65. The third-order valence-corrected chi connectivity index (χ3v) is 0.772. The Morgan fingerprint density at radius 2 is 2.56 bits per heavy atom. The molecule has 0 unspecified atom stereocenters. The maximum Gasteiger partial charge on any atom is 0.253 e. The van der Waals surface area contributed by atoms with Crippen LogP contribution in [0.25, 0.3) is 0 Å². The molecule has 1 N–H and O–H groups in total. The van der Waals surface area contributed by atoms with Gasteiger partial charge in [0.1, 0.15) is 6.61 Å². The molecule has 0 aliphatic heterocycles. The Balaban J connectivity index is 3.09. The maximum atomic E-state index is 10.3. The van der Waals surface area contributed by atoms with Gasteiger partial charge in [0.25, 0.3) is 5.91 Å². The number of hydroxylamine groups is 1. The average Bonchev–Trinajstić information content (AvgIpc) is 1.89. The van der Waals surface area contributed by atoms with E-state index in [9.17, 15) is 4.79 Å². The summed E-state index contributed by atoms with van der Waals surface area (Å²) in [6.07, 6.45) is 4.81. The van der Waals surface area contributed by atoms with E-state index in [4.69, 9.17) is 6.42 Å². The third kappa shape index (κ3) is 5.21. The second-order valence-electron chi connectivity index (χ2n) is 1.18. The van der Waals surface area contributed by atoms with Crippen molar-refractivity contribution in [1.29, 1.82) is 0 Å². The van der Waals surface area contributed by atoms with Gasteiger partial charge in [-0.1, -0.05) is 5.92 Å². The number of amides is 1. The fourth-order valence-electron chi connectivity index (χ4n) is 0.191. The van der Waals surface area contributed by atoms with Crippen LogP contribution in [0.1, 0.15) is 0 Å². The lowest BCUT2D eigenvalue weighted by molar-refractivity contribution is -0.129. The molecule has 4 heteroatoms. The molecule has 9 heavy (non-hydrogen) atoms. The van der Waals surface area contributed by atoms with Crippen molar-refractivity contribution in [2.75, 3.05) is 12.4 Å². The SMILES string of the molecule is C#CCONC(=O)CS. The highest BCUT2D eigenvalue weighted by atomic mass is 32.1. The second kappa shape index (κ2) is 5.48. The van der Waals surface area contributed by atoms with Gasteiger partial charge in [0.2, 0.25) is 0 Å². The normalized spacial score (nSPS) is 8.00. The highest BCUT2D eigenvalue weighted by Gasteiger charge is 1.92. The quantitative estimate of drug-likeness (QED) is 0.245. The highest BCUT2D eigenvalue weighted by molar-refractivity contribution is 7.81. The summed E-state index contributed by atoms with van der Waals surface area (Å²) < 4.78 is 0. The molecule has 0 heterocycles. The summed E-state index contributed by atoms with van der Waals surface area (Å²) in [4.78, 5) is 14.8. The summed E-state index contributed by atoms with van der Waals surface area (Å²) in [5.74, 6) is 1.99. The Kier molecular flexibility index (Phi) is 5.07. The molecule has 0 aliphatic rings. The van der Waals surface area contributed by atoms with E-state index >= 15 is 0 Å².